The number of carbonyl (C=O) groups excluding carboxylic acids is 1. The maximum absolute atomic E-state index is 11.7. The summed E-state index contributed by atoms with van der Waals surface area (Å²) in [6, 6.07) is 1.63. The van der Waals surface area contributed by atoms with Crippen molar-refractivity contribution in [3.05, 3.63) is 18.0 Å². The number of amides is 1. The van der Waals surface area contributed by atoms with E-state index in [1.807, 2.05) is 0 Å². The first-order valence-corrected chi connectivity index (χ1v) is 7.82. The summed E-state index contributed by atoms with van der Waals surface area (Å²) in [5.41, 5.74) is 0.456. The van der Waals surface area contributed by atoms with Crippen molar-refractivity contribution in [2.24, 2.45) is 4.99 Å². The van der Waals surface area contributed by atoms with Gasteiger partial charge in [-0.15, -0.1) is 0 Å². The van der Waals surface area contributed by atoms with Gasteiger partial charge in [-0.3, -0.25) is 19.8 Å². The van der Waals surface area contributed by atoms with Gasteiger partial charge in [-0.05, 0) is 6.07 Å². The van der Waals surface area contributed by atoms with Crippen LogP contribution < -0.4 is 16.0 Å². The first kappa shape index (κ1) is 17.2. The Labute approximate surface area is 135 Å². The maximum Gasteiger partial charge on any atom is 0.269 e. The summed E-state index contributed by atoms with van der Waals surface area (Å²) >= 11 is 0. The third kappa shape index (κ3) is 6.25. The van der Waals surface area contributed by atoms with Crippen LogP contribution in [0.1, 0.15) is 10.5 Å². The van der Waals surface area contributed by atoms with Crippen molar-refractivity contribution in [3.8, 4) is 0 Å². The minimum Gasteiger partial charge on any atom is -0.379 e. The van der Waals surface area contributed by atoms with Gasteiger partial charge >= 0.3 is 0 Å². The fraction of sp³-hybridized carbons (Fsp3) is 0.643. The third-order valence-electron chi connectivity index (χ3n) is 3.50. The summed E-state index contributed by atoms with van der Waals surface area (Å²) in [6.45, 7) is 6.45. The highest BCUT2D eigenvalue weighted by Gasteiger charge is 2.09. The van der Waals surface area contributed by atoms with E-state index in [9.17, 15) is 4.79 Å². The molecule has 0 atom stereocenters. The molecule has 2 rings (SSSR count). The monoisotopic (exact) mass is 323 g/mol. The van der Waals surface area contributed by atoms with Crippen molar-refractivity contribution in [1.29, 1.82) is 0 Å². The number of hydrogen-bond acceptors (Lipinski definition) is 5. The Kier molecular flexibility index (Phi) is 7.34. The van der Waals surface area contributed by atoms with E-state index < -0.39 is 0 Å². The van der Waals surface area contributed by atoms with Crippen LogP contribution in [-0.4, -0.2) is 86.5 Å². The average Bonchev–Trinajstić information content (AvgIpc) is 3.12. The summed E-state index contributed by atoms with van der Waals surface area (Å²) in [5.74, 6) is 0.564. The highest BCUT2D eigenvalue weighted by atomic mass is 16.5. The number of nitrogens with one attached hydrogen (secondary N) is 4. The van der Waals surface area contributed by atoms with Crippen LogP contribution in [0.5, 0.6) is 0 Å². The first-order valence-electron chi connectivity index (χ1n) is 7.82. The number of hydrogen-bond donors (Lipinski definition) is 4. The van der Waals surface area contributed by atoms with E-state index in [1.54, 1.807) is 19.3 Å². The van der Waals surface area contributed by atoms with E-state index in [2.05, 4.69) is 36.0 Å². The molecule has 1 saturated heterocycles. The molecular weight excluding hydrogens is 298 g/mol. The molecule has 1 aromatic heterocycles. The minimum absolute atomic E-state index is 0.167. The lowest BCUT2D eigenvalue weighted by Crippen LogP contribution is -2.45. The molecule has 128 valence electrons. The molecule has 2 heterocycles. The van der Waals surface area contributed by atoms with Gasteiger partial charge in [0, 0.05) is 52.5 Å². The van der Waals surface area contributed by atoms with E-state index in [4.69, 9.17) is 4.74 Å². The standard InChI is InChI=1S/C14H25N7O2/c1-15-14(18-6-7-21-8-10-23-11-9-21)17-5-4-16-13(22)12-2-3-19-20-12/h2-3H,4-11H2,1H3,(H,16,22)(H,19,20)(H2,15,17,18). The lowest BCUT2D eigenvalue weighted by atomic mass is 10.4. The van der Waals surface area contributed by atoms with Crippen LogP contribution in [0.3, 0.4) is 0 Å². The summed E-state index contributed by atoms with van der Waals surface area (Å²) in [6.07, 6.45) is 1.55. The van der Waals surface area contributed by atoms with Crippen molar-refractivity contribution < 1.29 is 9.53 Å². The molecule has 1 amide bonds. The Morgan fingerprint density at radius 3 is 2.74 bits per heavy atom. The zero-order valence-electron chi connectivity index (χ0n) is 13.5. The fourth-order valence-corrected chi connectivity index (χ4v) is 2.21. The van der Waals surface area contributed by atoms with E-state index in [0.717, 1.165) is 45.4 Å². The molecule has 0 bridgehead atoms. The van der Waals surface area contributed by atoms with E-state index in [0.29, 0.717) is 18.8 Å². The summed E-state index contributed by atoms with van der Waals surface area (Å²) in [5, 5.41) is 15.6. The van der Waals surface area contributed by atoms with Crippen molar-refractivity contribution in [1.82, 2.24) is 31.0 Å². The number of carbonyl (C=O) groups is 1. The minimum atomic E-state index is -0.167. The Hall–Kier alpha value is -2.13. The predicted octanol–water partition coefficient (Wildman–Crippen LogP) is -1.36. The van der Waals surface area contributed by atoms with Crippen LogP contribution in [-0.2, 0) is 4.74 Å². The van der Waals surface area contributed by atoms with Gasteiger partial charge in [0.05, 0.1) is 13.2 Å². The Morgan fingerprint density at radius 1 is 1.30 bits per heavy atom. The van der Waals surface area contributed by atoms with Crippen molar-refractivity contribution >= 4 is 11.9 Å². The highest BCUT2D eigenvalue weighted by molar-refractivity contribution is 5.92. The maximum atomic E-state index is 11.7. The van der Waals surface area contributed by atoms with Crippen LogP contribution >= 0.6 is 0 Å². The molecule has 1 aromatic rings. The lowest BCUT2D eigenvalue weighted by Gasteiger charge is -2.26. The summed E-state index contributed by atoms with van der Waals surface area (Å²) < 4.78 is 5.32. The lowest BCUT2D eigenvalue weighted by molar-refractivity contribution is 0.0389. The van der Waals surface area contributed by atoms with Gasteiger partial charge in [0.2, 0.25) is 0 Å². The molecule has 0 aromatic carbocycles. The second-order valence-electron chi connectivity index (χ2n) is 5.11. The number of aliphatic imine (C=N–C) groups is 1. The van der Waals surface area contributed by atoms with Gasteiger partial charge in [0.15, 0.2) is 5.96 Å². The third-order valence-corrected chi connectivity index (χ3v) is 3.50. The SMILES string of the molecule is CN=C(NCCNC(=O)c1ccn[nH]1)NCCN1CCOCC1. The zero-order valence-corrected chi connectivity index (χ0v) is 13.5. The smallest absolute Gasteiger partial charge is 0.269 e. The molecular formula is C14H25N7O2. The van der Waals surface area contributed by atoms with E-state index in [1.165, 1.54) is 0 Å². The first-order chi connectivity index (χ1) is 11.3. The molecule has 4 N–H and O–H groups in total. The predicted molar refractivity (Wildman–Crippen MR) is 87.5 cm³/mol. The molecule has 23 heavy (non-hydrogen) atoms. The van der Waals surface area contributed by atoms with Crippen molar-refractivity contribution in [3.63, 3.8) is 0 Å². The van der Waals surface area contributed by atoms with Crippen LogP contribution in [0, 0.1) is 0 Å². The second-order valence-corrected chi connectivity index (χ2v) is 5.11. The Balaban J connectivity index is 1.55. The normalized spacial score (nSPS) is 16.1. The van der Waals surface area contributed by atoms with E-state index >= 15 is 0 Å². The molecule has 0 saturated carbocycles. The molecule has 9 nitrogen and oxygen atoms in total. The molecule has 0 radical (unpaired) electrons. The van der Waals surface area contributed by atoms with Crippen molar-refractivity contribution in [2.75, 3.05) is 59.5 Å². The number of nitrogens with zero attached hydrogens (tertiary/aromatic N) is 3. The summed E-state index contributed by atoms with van der Waals surface area (Å²) in [7, 11) is 1.73. The van der Waals surface area contributed by atoms with Crippen LogP contribution in [0.2, 0.25) is 0 Å². The molecule has 1 fully saturated rings. The van der Waals surface area contributed by atoms with Crippen LogP contribution in [0.4, 0.5) is 0 Å². The molecule has 0 spiro atoms. The van der Waals surface area contributed by atoms with Crippen LogP contribution in [0.25, 0.3) is 0 Å². The number of H-pyrrole nitrogens is 1. The number of morpholine rings is 1. The van der Waals surface area contributed by atoms with Crippen LogP contribution in [0.15, 0.2) is 17.3 Å². The molecule has 0 unspecified atom stereocenters. The topological polar surface area (TPSA) is 107 Å². The summed E-state index contributed by atoms with van der Waals surface area (Å²) in [4.78, 5) is 18.2. The van der Waals surface area contributed by atoms with Gasteiger partial charge in [0.1, 0.15) is 5.69 Å². The van der Waals surface area contributed by atoms with E-state index in [-0.39, 0.29) is 5.91 Å². The number of aromatic nitrogens is 2. The highest BCUT2D eigenvalue weighted by Crippen LogP contribution is 1.94. The average molecular weight is 323 g/mol. The van der Waals surface area contributed by atoms with Gasteiger partial charge < -0.3 is 20.7 Å². The number of ether oxygens (including phenoxy) is 1. The fourth-order valence-electron chi connectivity index (χ4n) is 2.21. The number of aromatic amines is 1. The van der Waals surface area contributed by atoms with Gasteiger partial charge in [-0.2, -0.15) is 5.10 Å². The Morgan fingerprint density at radius 2 is 2.04 bits per heavy atom. The molecule has 1 aliphatic rings. The molecule has 9 heteroatoms. The van der Waals surface area contributed by atoms with Crippen molar-refractivity contribution in [2.45, 2.75) is 0 Å². The zero-order chi connectivity index (χ0) is 16.3. The van der Waals surface area contributed by atoms with Gasteiger partial charge in [-0.25, -0.2) is 0 Å². The molecule has 0 aliphatic carbocycles. The number of guanidine groups is 1. The largest absolute Gasteiger partial charge is 0.379 e. The number of rotatable bonds is 7. The molecule has 1 aliphatic heterocycles. The van der Waals surface area contributed by atoms with Gasteiger partial charge in [-0.1, -0.05) is 0 Å². The quantitative estimate of drug-likeness (QED) is 0.280. The second kappa shape index (κ2) is 9.80. The van der Waals surface area contributed by atoms with Gasteiger partial charge in [0.25, 0.3) is 5.91 Å². The Bertz CT molecular complexity index is 483.